The van der Waals surface area contributed by atoms with Gasteiger partial charge in [-0.1, -0.05) is 12.7 Å². The molecule has 3 nitrogen and oxygen atoms in total. The van der Waals surface area contributed by atoms with E-state index in [1.807, 2.05) is 0 Å². The van der Waals surface area contributed by atoms with Gasteiger partial charge in [0.25, 0.3) is 5.91 Å². The normalized spacial score (nSPS) is 10.6. The van der Waals surface area contributed by atoms with E-state index in [9.17, 15) is 9.18 Å². The van der Waals surface area contributed by atoms with Crippen LogP contribution in [0.5, 0.6) is 0 Å². The molecule has 0 radical (unpaired) electrons. The average Bonchev–Trinajstić information content (AvgIpc) is 2.55. The van der Waals surface area contributed by atoms with Crippen LogP contribution in [-0.2, 0) is 7.05 Å². The Kier molecular flexibility index (Phi) is 2.27. The minimum absolute atomic E-state index is 0.361. The fraction of sp³-hybridized carbons (Fsp3) is 0.0833. The van der Waals surface area contributed by atoms with Crippen LogP contribution in [0, 0.1) is 5.82 Å². The largest absolute Gasteiger partial charge is 0.366 e. The van der Waals surface area contributed by atoms with Crippen LogP contribution in [0.25, 0.3) is 17.0 Å². The Hall–Kier alpha value is -2.10. The fourth-order valence-corrected chi connectivity index (χ4v) is 1.77. The molecule has 82 valence electrons. The number of aryl methyl sites for hydroxylation is 1. The number of rotatable bonds is 2. The molecule has 0 bridgehead atoms. The highest BCUT2D eigenvalue weighted by Gasteiger charge is 2.13. The molecule has 0 aliphatic carbocycles. The highest BCUT2D eigenvalue weighted by atomic mass is 19.1. The lowest BCUT2D eigenvalue weighted by molar-refractivity contribution is 0.100. The number of nitrogens with two attached hydrogens (primary N) is 1. The maximum Gasteiger partial charge on any atom is 0.250 e. The second-order valence-electron chi connectivity index (χ2n) is 3.61. The third kappa shape index (κ3) is 1.39. The van der Waals surface area contributed by atoms with Crippen molar-refractivity contribution in [2.75, 3.05) is 0 Å². The van der Waals surface area contributed by atoms with Crippen molar-refractivity contribution in [1.29, 1.82) is 0 Å². The summed E-state index contributed by atoms with van der Waals surface area (Å²) in [5.74, 6) is -0.882. The van der Waals surface area contributed by atoms with Gasteiger partial charge in [0.15, 0.2) is 0 Å². The van der Waals surface area contributed by atoms with Crippen LogP contribution in [0.2, 0.25) is 0 Å². The van der Waals surface area contributed by atoms with Crippen molar-refractivity contribution < 1.29 is 9.18 Å². The fourth-order valence-electron chi connectivity index (χ4n) is 1.77. The van der Waals surface area contributed by atoms with Gasteiger partial charge in [-0.3, -0.25) is 4.79 Å². The first-order valence-corrected chi connectivity index (χ1v) is 4.75. The minimum Gasteiger partial charge on any atom is -0.366 e. The molecule has 0 saturated heterocycles. The van der Waals surface area contributed by atoms with E-state index in [0.29, 0.717) is 22.0 Å². The van der Waals surface area contributed by atoms with Crippen LogP contribution in [0.3, 0.4) is 0 Å². The summed E-state index contributed by atoms with van der Waals surface area (Å²) in [6.45, 7) is 3.52. The van der Waals surface area contributed by atoms with E-state index in [1.165, 1.54) is 12.1 Å². The summed E-state index contributed by atoms with van der Waals surface area (Å²) in [6.07, 6.45) is 3.01. The van der Waals surface area contributed by atoms with Crippen molar-refractivity contribution in [3.05, 3.63) is 41.9 Å². The first-order valence-electron chi connectivity index (χ1n) is 4.75. The molecule has 0 aliphatic rings. The smallest absolute Gasteiger partial charge is 0.250 e. The Balaban J connectivity index is 2.88. The number of aromatic nitrogens is 1. The summed E-state index contributed by atoms with van der Waals surface area (Å²) in [4.78, 5) is 11.2. The Morgan fingerprint density at radius 1 is 1.56 bits per heavy atom. The average molecular weight is 218 g/mol. The van der Waals surface area contributed by atoms with Crippen molar-refractivity contribution in [2.45, 2.75) is 0 Å². The van der Waals surface area contributed by atoms with Gasteiger partial charge < -0.3 is 10.3 Å². The van der Waals surface area contributed by atoms with Crippen molar-refractivity contribution in [3.8, 4) is 0 Å². The molecule has 0 spiro atoms. The van der Waals surface area contributed by atoms with Gasteiger partial charge in [0.2, 0.25) is 0 Å². The first-order chi connectivity index (χ1) is 7.54. The zero-order valence-corrected chi connectivity index (χ0v) is 8.83. The van der Waals surface area contributed by atoms with Gasteiger partial charge in [-0.2, -0.15) is 0 Å². The number of halogens is 1. The van der Waals surface area contributed by atoms with Crippen LogP contribution in [0.15, 0.2) is 24.9 Å². The zero-order chi connectivity index (χ0) is 11.9. The molecular formula is C12H11FN2O. The van der Waals surface area contributed by atoms with Gasteiger partial charge in [0, 0.05) is 24.2 Å². The van der Waals surface area contributed by atoms with Gasteiger partial charge in [-0.25, -0.2) is 4.39 Å². The topological polar surface area (TPSA) is 48.0 Å². The van der Waals surface area contributed by atoms with Crippen molar-refractivity contribution in [2.24, 2.45) is 12.8 Å². The number of fused-ring (bicyclic) bond motifs is 1. The number of benzene rings is 1. The number of carbonyl (C=O) groups excluding carboxylic acids is 1. The summed E-state index contributed by atoms with van der Waals surface area (Å²) in [5, 5.41) is 0.645. The second kappa shape index (κ2) is 3.48. The van der Waals surface area contributed by atoms with E-state index in [1.54, 1.807) is 23.9 Å². The summed E-state index contributed by atoms with van der Waals surface area (Å²) in [5.41, 5.74) is 6.64. The van der Waals surface area contributed by atoms with Gasteiger partial charge in [0.1, 0.15) is 5.82 Å². The minimum atomic E-state index is -0.521. The molecule has 0 fully saturated rings. The number of carbonyl (C=O) groups is 1. The molecule has 1 heterocycles. The predicted molar refractivity (Wildman–Crippen MR) is 61.5 cm³/mol. The monoisotopic (exact) mass is 218 g/mol. The molecule has 0 saturated carbocycles. The van der Waals surface area contributed by atoms with E-state index >= 15 is 0 Å². The van der Waals surface area contributed by atoms with Crippen molar-refractivity contribution in [3.63, 3.8) is 0 Å². The molecule has 2 N–H and O–H groups in total. The van der Waals surface area contributed by atoms with Crippen LogP contribution in [-0.4, -0.2) is 10.5 Å². The second-order valence-corrected chi connectivity index (χ2v) is 3.61. The third-order valence-electron chi connectivity index (χ3n) is 2.59. The Bertz CT molecular complexity index is 599. The highest BCUT2D eigenvalue weighted by molar-refractivity contribution is 6.06. The maximum atomic E-state index is 13.5. The number of hydrogen-bond acceptors (Lipinski definition) is 1. The number of hydrogen-bond donors (Lipinski definition) is 1. The van der Waals surface area contributed by atoms with Crippen LogP contribution in [0.4, 0.5) is 4.39 Å². The number of primary amides is 1. The predicted octanol–water partition coefficient (Wildman–Crippen LogP) is 2.06. The number of nitrogens with zero attached hydrogens (tertiary/aromatic N) is 1. The molecule has 1 aromatic carbocycles. The summed E-state index contributed by atoms with van der Waals surface area (Å²) in [6, 6.07) is 2.95. The van der Waals surface area contributed by atoms with E-state index in [0.717, 1.165) is 0 Å². The Labute approximate surface area is 92.0 Å². The summed E-state index contributed by atoms with van der Waals surface area (Å²) in [7, 11) is 1.74. The summed E-state index contributed by atoms with van der Waals surface area (Å²) < 4.78 is 15.2. The summed E-state index contributed by atoms with van der Waals surface area (Å²) >= 11 is 0. The van der Waals surface area contributed by atoms with Gasteiger partial charge in [-0.05, 0) is 12.1 Å². The molecule has 1 aromatic heterocycles. The lowest BCUT2D eigenvalue weighted by Crippen LogP contribution is -2.10. The first kappa shape index (κ1) is 10.4. The van der Waals surface area contributed by atoms with Crippen LogP contribution >= 0.6 is 0 Å². The standard InChI is InChI=1S/C12H11FN2O/c1-3-7-4-8-9(12(14)16)6-15(2)11(8)5-10(7)13/h3-6H,1H2,2H3,(H2,14,16). The SMILES string of the molecule is C=Cc1cc2c(C(N)=O)cn(C)c2cc1F. The van der Waals surface area contributed by atoms with Crippen LogP contribution in [0.1, 0.15) is 15.9 Å². The Morgan fingerprint density at radius 3 is 2.81 bits per heavy atom. The Morgan fingerprint density at radius 2 is 2.25 bits per heavy atom. The molecule has 0 aliphatic heterocycles. The molecule has 4 heteroatoms. The van der Waals surface area contributed by atoms with Crippen molar-refractivity contribution in [1.82, 2.24) is 4.57 Å². The van der Waals surface area contributed by atoms with E-state index < -0.39 is 5.91 Å². The number of amides is 1. The van der Waals surface area contributed by atoms with Gasteiger partial charge >= 0.3 is 0 Å². The molecular weight excluding hydrogens is 207 g/mol. The van der Waals surface area contributed by atoms with Gasteiger partial charge in [-0.15, -0.1) is 0 Å². The third-order valence-corrected chi connectivity index (χ3v) is 2.59. The molecule has 16 heavy (non-hydrogen) atoms. The molecule has 0 atom stereocenters. The van der Waals surface area contributed by atoms with Gasteiger partial charge in [0.05, 0.1) is 11.1 Å². The molecule has 0 unspecified atom stereocenters. The van der Waals surface area contributed by atoms with E-state index in [-0.39, 0.29) is 5.82 Å². The van der Waals surface area contributed by atoms with E-state index in [4.69, 9.17) is 5.73 Å². The highest BCUT2D eigenvalue weighted by Crippen LogP contribution is 2.24. The molecule has 2 rings (SSSR count). The molecule has 2 aromatic rings. The maximum absolute atomic E-state index is 13.5. The van der Waals surface area contributed by atoms with Crippen LogP contribution < -0.4 is 5.73 Å². The lowest BCUT2D eigenvalue weighted by Gasteiger charge is -2.00. The lowest BCUT2D eigenvalue weighted by atomic mass is 10.1. The zero-order valence-electron chi connectivity index (χ0n) is 8.83. The van der Waals surface area contributed by atoms with E-state index in [2.05, 4.69) is 6.58 Å². The van der Waals surface area contributed by atoms with Crippen molar-refractivity contribution >= 4 is 22.9 Å². The quantitative estimate of drug-likeness (QED) is 0.824. The molecule has 1 amide bonds.